The molecule has 0 amide bonds. The van der Waals surface area contributed by atoms with Crippen molar-refractivity contribution >= 4 is 16.6 Å². The van der Waals surface area contributed by atoms with Gasteiger partial charge in [0.25, 0.3) is 0 Å². The van der Waals surface area contributed by atoms with Crippen molar-refractivity contribution in [3.05, 3.63) is 36.0 Å². The van der Waals surface area contributed by atoms with Gasteiger partial charge in [-0.25, -0.2) is 0 Å². The largest absolute Gasteiger partial charge is 0.384 e. The predicted octanol–water partition coefficient (Wildman–Crippen LogP) is 2.56. The Balaban J connectivity index is 1.89. The van der Waals surface area contributed by atoms with Gasteiger partial charge in [0.2, 0.25) is 0 Å². The molecule has 2 aromatic rings. The van der Waals surface area contributed by atoms with Gasteiger partial charge in [-0.15, -0.1) is 0 Å². The van der Waals surface area contributed by atoms with E-state index in [0.29, 0.717) is 12.5 Å². The third-order valence-electron chi connectivity index (χ3n) is 4.31. The fourth-order valence-electron chi connectivity index (χ4n) is 3.15. The maximum absolute atomic E-state index is 5.80. The standard InChI is InChI=1S/C17H23N3O/c1-21-12-13-6-8-20(9-7-13)17-10-14(11-18)19-16-5-3-2-4-15(16)17/h2-5,10,13H,6-9,11-12,18H2,1H3. The summed E-state index contributed by atoms with van der Waals surface area (Å²) in [6.45, 7) is 3.51. The summed E-state index contributed by atoms with van der Waals surface area (Å²) >= 11 is 0. The molecule has 1 aromatic heterocycles. The van der Waals surface area contributed by atoms with E-state index in [1.807, 2.05) is 6.07 Å². The lowest BCUT2D eigenvalue weighted by molar-refractivity contribution is 0.139. The Hall–Kier alpha value is -1.65. The van der Waals surface area contributed by atoms with Crippen LogP contribution in [0.2, 0.25) is 0 Å². The van der Waals surface area contributed by atoms with Crippen LogP contribution in [0.4, 0.5) is 5.69 Å². The number of fused-ring (bicyclic) bond motifs is 1. The molecule has 1 aliphatic rings. The monoisotopic (exact) mass is 285 g/mol. The molecule has 2 N–H and O–H groups in total. The fraction of sp³-hybridized carbons (Fsp3) is 0.471. The number of nitrogens with zero attached hydrogens (tertiary/aromatic N) is 2. The van der Waals surface area contributed by atoms with Crippen molar-refractivity contribution in [1.82, 2.24) is 4.98 Å². The molecule has 1 aliphatic heterocycles. The molecule has 0 atom stereocenters. The number of piperidine rings is 1. The molecule has 0 saturated carbocycles. The van der Waals surface area contributed by atoms with Crippen LogP contribution >= 0.6 is 0 Å². The zero-order chi connectivity index (χ0) is 14.7. The lowest BCUT2D eigenvalue weighted by Crippen LogP contribution is -2.35. The first-order chi connectivity index (χ1) is 10.3. The summed E-state index contributed by atoms with van der Waals surface area (Å²) in [7, 11) is 1.79. The molecule has 21 heavy (non-hydrogen) atoms. The molecular formula is C17H23N3O. The number of benzene rings is 1. The van der Waals surface area contributed by atoms with Crippen LogP contribution in [0.3, 0.4) is 0 Å². The third-order valence-corrected chi connectivity index (χ3v) is 4.31. The van der Waals surface area contributed by atoms with Crippen molar-refractivity contribution < 1.29 is 4.74 Å². The van der Waals surface area contributed by atoms with Crippen molar-refractivity contribution in [2.45, 2.75) is 19.4 Å². The predicted molar refractivity (Wildman–Crippen MR) is 86.4 cm³/mol. The van der Waals surface area contributed by atoms with Crippen LogP contribution in [0.25, 0.3) is 10.9 Å². The van der Waals surface area contributed by atoms with Crippen LogP contribution in [0.1, 0.15) is 18.5 Å². The number of hydrogen-bond acceptors (Lipinski definition) is 4. The Morgan fingerprint density at radius 1 is 1.29 bits per heavy atom. The Morgan fingerprint density at radius 3 is 2.76 bits per heavy atom. The first kappa shape index (κ1) is 14.3. The van der Waals surface area contributed by atoms with E-state index in [9.17, 15) is 0 Å². The second kappa shape index (κ2) is 6.41. The van der Waals surface area contributed by atoms with Gasteiger partial charge in [-0.3, -0.25) is 4.98 Å². The molecule has 4 heteroatoms. The van der Waals surface area contributed by atoms with Gasteiger partial charge < -0.3 is 15.4 Å². The zero-order valence-electron chi connectivity index (χ0n) is 12.6. The number of pyridine rings is 1. The highest BCUT2D eigenvalue weighted by Crippen LogP contribution is 2.30. The normalized spacial score (nSPS) is 16.6. The lowest BCUT2D eigenvalue weighted by Gasteiger charge is -2.34. The van der Waals surface area contributed by atoms with E-state index in [1.165, 1.54) is 23.9 Å². The molecule has 112 valence electrons. The summed E-state index contributed by atoms with van der Waals surface area (Å²) in [6, 6.07) is 10.5. The van der Waals surface area contributed by atoms with Gasteiger partial charge >= 0.3 is 0 Å². The first-order valence-corrected chi connectivity index (χ1v) is 7.64. The van der Waals surface area contributed by atoms with E-state index >= 15 is 0 Å². The average Bonchev–Trinajstić information content (AvgIpc) is 2.55. The highest BCUT2D eigenvalue weighted by Gasteiger charge is 2.21. The summed E-state index contributed by atoms with van der Waals surface area (Å²) in [5.41, 5.74) is 9.08. The third kappa shape index (κ3) is 3.01. The van der Waals surface area contributed by atoms with Gasteiger partial charge in [0.1, 0.15) is 0 Å². The van der Waals surface area contributed by atoms with E-state index in [0.717, 1.165) is 30.9 Å². The van der Waals surface area contributed by atoms with Crippen molar-refractivity contribution in [2.75, 3.05) is 31.7 Å². The van der Waals surface area contributed by atoms with Gasteiger partial charge in [-0.1, -0.05) is 18.2 Å². The highest BCUT2D eigenvalue weighted by atomic mass is 16.5. The number of hydrogen-bond donors (Lipinski definition) is 1. The molecule has 1 fully saturated rings. The number of rotatable bonds is 4. The number of aromatic nitrogens is 1. The fourth-order valence-corrected chi connectivity index (χ4v) is 3.15. The average molecular weight is 285 g/mol. The number of para-hydroxylation sites is 1. The van der Waals surface area contributed by atoms with Crippen LogP contribution < -0.4 is 10.6 Å². The zero-order valence-corrected chi connectivity index (χ0v) is 12.6. The molecule has 0 spiro atoms. The SMILES string of the molecule is COCC1CCN(c2cc(CN)nc3ccccc23)CC1. The Kier molecular flexibility index (Phi) is 4.36. The minimum absolute atomic E-state index is 0.484. The number of ether oxygens (including phenoxy) is 1. The van der Waals surface area contributed by atoms with Crippen LogP contribution in [-0.2, 0) is 11.3 Å². The Labute approximate surface area is 125 Å². The first-order valence-electron chi connectivity index (χ1n) is 7.64. The molecular weight excluding hydrogens is 262 g/mol. The Bertz CT molecular complexity index is 606. The molecule has 3 rings (SSSR count). The molecule has 4 nitrogen and oxygen atoms in total. The molecule has 2 heterocycles. The molecule has 0 bridgehead atoms. The summed E-state index contributed by atoms with van der Waals surface area (Å²) in [4.78, 5) is 7.09. The van der Waals surface area contributed by atoms with Crippen molar-refractivity contribution in [1.29, 1.82) is 0 Å². The van der Waals surface area contributed by atoms with E-state index in [4.69, 9.17) is 10.5 Å². The van der Waals surface area contributed by atoms with Crippen molar-refractivity contribution in [3.8, 4) is 0 Å². The lowest BCUT2D eigenvalue weighted by atomic mass is 9.97. The number of anilines is 1. The maximum Gasteiger partial charge on any atom is 0.0726 e. The quantitative estimate of drug-likeness (QED) is 0.938. The smallest absolute Gasteiger partial charge is 0.0726 e. The summed E-state index contributed by atoms with van der Waals surface area (Å²) in [5.74, 6) is 0.688. The second-order valence-electron chi connectivity index (χ2n) is 5.74. The summed E-state index contributed by atoms with van der Waals surface area (Å²) < 4.78 is 5.28. The van der Waals surface area contributed by atoms with Gasteiger partial charge in [-0.05, 0) is 30.9 Å². The number of nitrogens with two attached hydrogens (primary N) is 1. The van der Waals surface area contributed by atoms with Crippen molar-refractivity contribution in [3.63, 3.8) is 0 Å². The summed E-state index contributed by atoms with van der Waals surface area (Å²) in [6.07, 6.45) is 2.37. The van der Waals surface area contributed by atoms with Gasteiger partial charge in [0, 0.05) is 44.4 Å². The highest BCUT2D eigenvalue weighted by molar-refractivity contribution is 5.92. The Morgan fingerprint density at radius 2 is 2.05 bits per heavy atom. The van der Waals surface area contributed by atoms with Crippen LogP contribution in [0.15, 0.2) is 30.3 Å². The van der Waals surface area contributed by atoms with Crippen LogP contribution in [0.5, 0.6) is 0 Å². The molecule has 0 radical (unpaired) electrons. The second-order valence-corrected chi connectivity index (χ2v) is 5.74. The number of methoxy groups -OCH3 is 1. The van der Waals surface area contributed by atoms with E-state index in [2.05, 4.69) is 34.1 Å². The van der Waals surface area contributed by atoms with Gasteiger partial charge in [0.05, 0.1) is 11.2 Å². The summed E-state index contributed by atoms with van der Waals surface area (Å²) in [5, 5.41) is 1.22. The molecule has 0 aliphatic carbocycles. The van der Waals surface area contributed by atoms with E-state index in [1.54, 1.807) is 7.11 Å². The van der Waals surface area contributed by atoms with Crippen molar-refractivity contribution in [2.24, 2.45) is 11.7 Å². The topological polar surface area (TPSA) is 51.4 Å². The molecule has 0 unspecified atom stereocenters. The van der Waals surface area contributed by atoms with E-state index < -0.39 is 0 Å². The van der Waals surface area contributed by atoms with Crippen LogP contribution in [-0.4, -0.2) is 31.8 Å². The van der Waals surface area contributed by atoms with Crippen LogP contribution in [0, 0.1) is 5.92 Å². The van der Waals surface area contributed by atoms with Gasteiger partial charge in [0.15, 0.2) is 0 Å². The minimum Gasteiger partial charge on any atom is -0.384 e. The molecule has 1 saturated heterocycles. The van der Waals surface area contributed by atoms with E-state index in [-0.39, 0.29) is 0 Å². The minimum atomic E-state index is 0.484. The van der Waals surface area contributed by atoms with Gasteiger partial charge in [-0.2, -0.15) is 0 Å². The molecule has 1 aromatic carbocycles. The maximum atomic E-state index is 5.80.